The molecule has 0 saturated heterocycles. The fraction of sp³-hybridized carbons (Fsp3) is 0.273. The molecule has 0 aliphatic rings. The van der Waals surface area contributed by atoms with Crippen LogP contribution in [0, 0.1) is 6.92 Å². The van der Waals surface area contributed by atoms with Gasteiger partial charge in [-0.15, -0.1) is 0 Å². The molecule has 0 spiro atoms. The highest BCUT2D eigenvalue weighted by molar-refractivity contribution is 7.89. The highest BCUT2D eigenvalue weighted by Gasteiger charge is 2.19. The van der Waals surface area contributed by atoms with Crippen molar-refractivity contribution in [2.75, 3.05) is 0 Å². The number of sulfonamides is 1. The van der Waals surface area contributed by atoms with Crippen molar-refractivity contribution in [3.63, 3.8) is 0 Å². The van der Waals surface area contributed by atoms with E-state index < -0.39 is 10.0 Å². The minimum absolute atomic E-state index is 0.0256. The molecule has 108 valence electrons. The molecular weight excluding hydrogens is 304 g/mol. The first-order chi connectivity index (χ1) is 9.42. The quantitative estimate of drug-likeness (QED) is 0.850. The molecule has 0 amide bonds. The van der Waals surface area contributed by atoms with Crippen molar-refractivity contribution in [3.8, 4) is 0 Å². The molecular formula is C11H13ClN4O3S. The third-order valence-corrected chi connectivity index (χ3v) is 4.39. The second-order valence-corrected chi connectivity index (χ2v) is 6.17. The monoisotopic (exact) mass is 316 g/mol. The largest absolute Gasteiger partial charge is 0.340 e. The lowest BCUT2D eigenvalue weighted by atomic mass is 10.2. The molecule has 9 heteroatoms. The lowest BCUT2D eigenvalue weighted by Crippen LogP contribution is -2.24. The zero-order valence-corrected chi connectivity index (χ0v) is 12.2. The van der Waals surface area contributed by atoms with E-state index in [1.54, 1.807) is 13.0 Å². The van der Waals surface area contributed by atoms with Gasteiger partial charge in [0, 0.05) is 13.5 Å². The molecule has 0 unspecified atom stereocenters. The smallest absolute Gasteiger partial charge is 0.242 e. The number of rotatable bonds is 5. The standard InChI is InChI=1S/C11H13ClN4O3S/c1-7-15-11(16-19-7)6-14-20(17,18)10-4-8(5-13)2-3-9(10)12/h2-4,14H,5-6,13H2,1H3. The van der Waals surface area contributed by atoms with E-state index in [2.05, 4.69) is 14.9 Å². The fourth-order valence-electron chi connectivity index (χ4n) is 1.53. The highest BCUT2D eigenvalue weighted by atomic mass is 35.5. The van der Waals surface area contributed by atoms with Crippen LogP contribution in [0.2, 0.25) is 5.02 Å². The van der Waals surface area contributed by atoms with Crippen molar-refractivity contribution in [2.45, 2.75) is 24.9 Å². The average Bonchev–Trinajstić information content (AvgIpc) is 2.83. The summed E-state index contributed by atoms with van der Waals surface area (Å²) in [5.74, 6) is 0.611. The zero-order chi connectivity index (χ0) is 14.8. The summed E-state index contributed by atoms with van der Waals surface area (Å²) in [6.45, 7) is 1.76. The first-order valence-corrected chi connectivity index (χ1v) is 7.56. The Morgan fingerprint density at radius 2 is 2.20 bits per heavy atom. The first-order valence-electron chi connectivity index (χ1n) is 5.70. The number of benzene rings is 1. The molecule has 0 bridgehead atoms. The van der Waals surface area contributed by atoms with Crippen molar-refractivity contribution in [2.24, 2.45) is 5.73 Å². The van der Waals surface area contributed by atoms with Crippen LogP contribution in [0.25, 0.3) is 0 Å². The summed E-state index contributed by atoms with van der Waals surface area (Å²) in [5.41, 5.74) is 6.16. The molecule has 1 heterocycles. The van der Waals surface area contributed by atoms with Gasteiger partial charge in [-0.05, 0) is 17.7 Å². The van der Waals surface area contributed by atoms with Crippen LogP contribution < -0.4 is 10.5 Å². The number of aromatic nitrogens is 2. The number of nitrogens with one attached hydrogen (secondary N) is 1. The minimum Gasteiger partial charge on any atom is -0.340 e. The van der Waals surface area contributed by atoms with Crippen LogP contribution in [-0.4, -0.2) is 18.6 Å². The highest BCUT2D eigenvalue weighted by Crippen LogP contribution is 2.22. The van der Waals surface area contributed by atoms with Crippen LogP contribution in [0.4, 0.5) is 0 Å². The second-order valence-electron chi connectivity index (χ2n) is 4.02. The summed E-state index contributed by atoms with van der Waals surface area (Å²) < 4.78 is 31.5. The summed E-state index contributed by atoms with van der Waals surface area (Å²) in [5, 5.41) is 3.73. The van der Waals surface area contributed by atoms with E-state index >= 15 is 0 Å². The van der Waals surface area contributed by atoms with Gasteiger partial charge in [0.05, 0.1) is 11.6 Å². The van der Waals surface area contributed by atoms with E-state index in [-0.39, 0.29) is 28.8 Å². The van der Waals surface area contributed by atoms with Gasteiger partial charge in [0.2, 0.25) is 15.9 Å². The Labute approximate surface area is 121 Å². The molecule has 7 nitrogen and oxygen atoms in total. The number of nitrogens with two attached hydrogens (primary N) is 1. The van der Waals surface area contributed by atoms with Crippen molar-refractivity contribution >= 4 is 21.6 Å². The molecule has 0 fully saturated rings. The van der Waals surface area contributed by atoms with Crippen molar-refractivity contribution in [1.82, 2.24) is 14.9 Å². The molecule has 2 aromatic rings. The number of hydrogen-bond acceptors (Lipinski definition) is 6. The van der Waals surface area contributed by atoms with Gasteiger partial charge in [-0.3, -0.25) is 0 Å². The summed E-state index contributed by atoms with van der Waals surface area (Å²) in [6, 6.07) is 4.60. The maximum atomic E-state index is 12.2. The van der Waals surface area contributed by atoms with E-state index in [4.69, 9.17) is 21.9 Å². The maximum absolute atomic E-state index is 12.2. The van der Waals surface area contributed by atoms with E-state index in [0.29, 0.717) is 11.5 Å². The number of nitrogens with zero attached hydrogens (tertiary/aromatic N) is 2. The predicted octanol–water partition coefficient (Wildman–Crippen LogP) is 0.969. The van der Waals surface area contributed by atoms with Crippen LogP contribution in [0.1, 0.15) is 17.3 Å². The molecule has 1 aromatic heterocycles. The third-order valence-electron chi connectivity index (χ3n) is 2.51. The van der Waals surface area contributed by atoms with Gasteiger partial charge in [-0.25, -0.2) is 13.1 Å². The molecule has 3 N–H and O–H groups in total. The van der Waals surface area contributed by atoms with Gasteiger partial charge in [-0.1, -0.05) is 22.8 Å². The van der Waals surface area contributed by atoms with Crippen molar-refractivity contribution in [1.29, 1.82) is 0 Å². The Kier molecular flexibility index (Phi) is 4.39. The van der Waals surface area contributed by atoms with Gasteiger partial charge in [0.1, 0.15) is 4.90 Å². The molecule has 0 aliphatic carbocycles. The van der Waals surface area contributed by atoms with Gasteiger partial charge >= 0.3 is 0 Å². The SMILES string of the molecule is Cc1nc(CNS(=O)(=O)c2cc(CN)ccc2Cl)no1. The second kappa shape index (κ2) is 5.88. The Balaban J connectivity index is 2.21. The van der Waals surface area contributed by atoms with E-state index in [9.17, 15) is 8.42 Å². The molecule has 0 atom stereocenters. The molecule has 2 rings (SSSR count). The van der Waals surface area contributed by atoms with E-state index in [1.165, 1.54) is 12.1 Å². The molecule has 0 radical (unpaired) electrons. The Morgan fingerprint density at radius 1 is 1.45 bits per heavy atom. The first kappa shape index (κ1) is 14.9. The van der Waals surface area contributed by atoms with Crippen molar-refractivity contribution < 1.29 is 12.9 Å². The van der Waals surface area contributed by atoms with Crippen LogP contribution in [0.3, 0.4) is 0 Å². The normalized spacial score (nSPS) is 11.8. The van der Waals surface area contributed by atoms with E-state index in [1.807, 2.05) is 0 Å². The van der Waals surface area contributed by atoms with Gasteiger partial charge in [-0.2, -0.15) is 4.98 Å². The minimum atomic E-state index is -3.77. The predicted molar refractivity (Wildman–Crippen MR) is 72.4 cm³/mol. The summed E-state index contributed by atoms with van der Waals surface area (Å²) in [7, 11) is -3.77. The Bertz CT molecular complexity index is 714. The molecule has 0 saturated carbocycles. The van der Waals surface area contributed by atoms with Gasteiger partial charge in [0.15, 0.2) is 5.82 Å². The lowest BCUT2D eigenvalue weighted by Gasteiger charge is -2.08. The number of aryl methyl sites for hydroxylation is 1. The Hall–Kier alpha value is -1.48. The lowest BCUT2D eigenvalue weighted by molar-refractivity contribution is 0.387. The zero-order valence-electron chi connectivity index (χ0n) is 10.6. The van der Waals surface area contributed by atoms with Gasteiger partial charge < -0.3 is 10.3 Å². The van der Waals surface area contributed by atoms with Crippen LogP contribution >= 0.6 is 11.6 Å². The molecule has 20 heavy (non-hydrogen) atoms. The summed E-state index contributed by atoms with van der Waals surface area (Å²) in [6.07, 6.45) is 0. The van der Waals surface area contributed by atoms with Crippen LogP contribution in [-0.2, 0) is 23.1 Å². The molecule has 1 aromatic carbocycles. The van der Waals surface area contributed by atoms with E-state index in [0.717, 1.165) is 0 Å². The number of hydrogen-bond donors (Lipinski definition) is 2. The molecule has 0 aliphatic heterocycles. The Morgan fingerprint density at radius 3 is 2.80 bits per heavy atom. The maximum Gasteiger partial charge on any atom is 0.242 e. The topological polar surface area (TPSA) is 111 Å². The van der Waals surface area contributed by atoms with Crippen LogP contribution in [0.15, 0.2) is 27.6 Å². The van der Waals surface area contributed by atoms with Crippen LogP contribution in [0.5, 0.6) is 0 Å². The fourth-order valence-corrected chi connectivity index (χ4v) is 3.06. The summed E-state index contributed by atoms with van der Waals surface area (Å²) >= 11 is 5.91. The van der Waals surface area contributed by atoms with Crippen molar-refractivity contribution in [3.05, 3.63) is 40.5 Å². The summed E-state index contributed by atoms with van der Waals surface area (Å²) in [4.78, 5) is 3.88. The van der Waals surface area contributed by atoms with Gasteiger partial charge in [0.25, 0.3) is 0 Å². The third kappa shape index (κ3) is 3.34. The average molecular weight is 317 g/mol. The number of halogens is 1.